The van der Waals surface area contributed by atoms with Gasteiger partial charge in [-0.2, -0.15) is 0 Å². The van der Waals surface area contributed by atoms with Gasteiger partial charge in [0, 0.05) is 4.88 Å². The third-order valence-corrected chi connectivity index (χ3v) is 3.75. The van der Waals surface area contributed by atoms with Crippen molar-refractivity contribution in [1.82, 2.24) is 0 Å². The van der Waals surface area contributed by atoms with Crippen LogP contribution in [0, 0.1) is 5.82 Å². The van der Waals surface area contributed by atoms with Gasteiger partial charge in [0.1, 0.15) is 0 Å². The first-order chi connectivity index (χ1) is 8.63. The van der Waals surface area contributed by atoms with Crippen molar-refractivity contribution in [3.05, 3.63) is 50.9 Å². The van der Waals surface area contributed by atoms with E-state index in [9.17, 15) is 4.39 Å². The molecule has 0 bridgehead atoms. The summed E-state index contributed by atoms with van der Waals surface area (Å²) in [6.07, 6.45) is 0. The lowest BCUT2D eigenvalue weighted by Gasteiger charge is -2.13. The molecule has 18 heavy (non-hydrogen) atoms. The zero-order chi connectivity index (χ0) is 13.1. The Hall–Kier alpha value is -1.10. The molecular formula is C13H13ClFNOS. The van der Waals surface area contributed by atoms with E-state index >= 15 is 0 Å². The third kappa shape index (κ3) is 2.66. The molecule has 2 aromatic rings. The largest absolute Gasteiger partial charge is 0.489 e. The summed E-state index contributed by atoms with van der Waals surface area (Å²) in [5.41, 5.74) is 6.71. The molecule has 0 unspecified atom stereocenters. The molecule has 1 atom stereocenters. The average molecular weight is 286 g/mol. The van der Waals surface area contributed by atoms with Crippen molar-refractivity contribution in [2.45, 2.75) is 13.0 Å². The van der Waals surface area contributed by atoms with E-state index in [-0.39, 0.29) is 16.8 Å². The normalized spacial score (nSPS) is 12.4. The van der Waals surface area contributed by atoms with Crippen LogP contribution < -0.4 is 10.5 Å². The number of ether oxygens (including phenoxy) is 1. The van der Waals surface area contributed by atoms with E-state index < -0.39 is 5.82 Å². The highest BCUT2D eigenvalue weighted by atomic mass is 35.5. The fourth-order valence-electron chi connectivity index (χ4n) is 1.67. The second-order valence-electron chi connectivity index (χ2n) is 3.74. The first kappa shape index (κ1) is 13.3. The van der Waals surface area contributed by atoms with Crippen LogP contribution >= 0.6 is 22.9 Å². The third-order valence-electron chi connectivity index (χ3n) is 2.52. The van der Waals surface area contributed by atoms with Crippen molar-refractivity contribution < 1.29 is 9.13 Å². The zero-order valence-electron chi connectivity index (χ0n) is 9.82. The summed E-state index contributed by atoms with van der Waals surface area (Å²) in [6, 6.07) is 6.48. The number of rotatable bonds is 4. The van der Waals surface area contributed by atoms with E-state index in [4.69, 9.17) is 22.1 Å². The Bertz CT molecular complexity index is 507. The van der Waals surface area contributed by atoms with Gasteiger partial charge in [-0.3, -0.25) is 0 Å². The van der Waals surface area contributed by atoms with Gasteiger partial charge in [0.2, 0.25) is 0 Å². The zero-order valence-corrected chi connectivity index (χ0v) is 11.4. The summed E-state index contributed by atoms with van der Waals surface area (Å²) in [5, 5.41) is 2.18. The van der Waals surface area contributed by atoms with Crippen molar-refractivity contribution in [3.63, 3.8) is 0 Å². The molecular weight excluding hydrogens is 273 g/mol. The lowest BCUT2D eigenvalue weighted by Crippen LogP contribution is -2.11. The Balaban J connectivity index is 2.36. The number of benzene rings is 1. The maximum atomic E-state index is 13.8. The van der Waals surface area contributed by atoms with Crippen LogP contribution in [0.1, 0.15) is 23.4 Å². The molecule has 0 aliphatic heterocycles. The number of thiophene rings is 1. The number of hydrogen-bond acceptors (Lipinski definition) is 3. The Morgan fingerprint density at radius 3 is 2.83 bits per heavy atom. The fourth-order valence-corrected chi connectivity index (χ4v) is 2.70. The SMILES string of the molecule is CCOc1c(F)cc([C@@H](N)c2cccs2)cc1Cl. The second kappa shape index (κ2) is 5.69. The van der Waals surface area contributed by atoms with Crippen LogP contribution in [0.2, 0.25) is 5.02 Å². The monoisotopic (exact) mass is 285 g/mol. The molecule has 0 aliphatic carbocycles. The molecule has 0 saturated heterocycles. The Labute approximate surface area is 114 Å². The van der Waals surface area contributed by atoms with E-state index in [1.807, 2.05) is 17.5 Å². The molecule has 2 rings (SSSR count). The molecule has 5 heteroatoms. The Morgan fingerprint density at radius 1 is 1.50 bits per heavy atom. The van der Waals surface area contributed by atoms with Gasteiger partial charge < -0.3 is 10.5 Å². The van der Waals surface area contributed by atoms with Gasteiger partial charge in [-0.1, -0.05) is 17.7 Å². The minimum atomic E-state index is -0.480. The standard InChI is InChI=1S/C13H13ClFNOS/c1-2-17-13-9(14)6-8(7-10(13)15)12(16)11-4-3-5-18-11/h3-7,12H,2,16H2,1H3/t12-/m1/s1. The van der Waals surface area contributed by atoms with Crippen molar-refractivity contribution >= 4 is 22.9 Å². The van der Waals surface area contributed by atoms with Crippen LogP contribution in [0.25, 0.3) is 0 Å². The average Bonchev–Trinajstić information content (AvgIpc) is 2.86. The van der Waals surface area contributed by atoms with Gasteiger partial charge in [-0.15, -0.1) is 11.3 Å². The molecule has 1 aromatic heterocycles. The summed E-state index contributed by atoms with van der Waals surface area (Å²) in [6.45, 7) is 2.15. The van der Waals surface area contributed by atoms with Crippen LogP contribution in [-0.4, -0.2) is 6.61 Å². The Kier molecular flexibility index (Phi) is 4.22. The van der Waals surface area contributed by atoms with E-state index in [0.717, 1.165) is 4.88 Å². The van der Waals surface area contributed by atoms with Crippen molar-refractivity contribution in [2.75, 3.05) is 6.61 Å². The predicted octanol–water partition coefficient (Wildman–Crippen LogP) is 3.99. The summed E-state index contributed by atoms with van der Waals surface area (Å²) in [7, 11) is 0. The molecule has 96 valence electrons. The molecule has 1 aromatic carbocycles. The van der Waals surface area contributed by atoms with Crippen LogP contribution in [-0.2, 0) is 0 Å². The van der Waals surface area contributed by atoms with E-state index in [1.165, 1.54) is 17.4 Å². The molecule has 0 saturated carbocycles. The first-order valence-electron chi connectivity index (χ1n) is 5.54. The van der Waals surface area contributed by atoms with Crippen molar-refractivity contribution in [3.8, 4) is 5.75 Å². The molecule has 2 N–H and O–H groups in total. The van der Waals surface area contributed by atoms with Crippen LogP contribution in [0.5, 0.6) is 5.75 Å². The highest BCUT2D eigenvalue weighted by molar-refractivity contribution is 7.10. The minimum absolute atomic E-state index is 0.0845. The van der Waals surface area contributed by atoms with Gasteiger partial charge in [0.25, 0.3) is 0 Å². The summed E-state index contributed by atoms with van der Waals surface area (Å²) >= 11 is 7.53. The molecule has 2 nitrogen and oxygen atoms in total. The van der Waals surface area contributed by atoms with E-state index in [2.05, 4.69) is 0 Å². The van der Waals surface area contributed by atoms with Gasteiger partial charge in [-0.05, 0) is 36.1 Å². The van der Waals surface area contributed by atoms with Crippen molar-refractivity contribution in [2.24, 2.45) is 5.73 Å². The minimum Gasteiger partial charge on any atom is -0.489 e. The molecule has 0 fully saturated rings. The highest BCUT2D eigenvalue weighted by Gasteiger charge is 2.16. The molecule has 0 amide bonds. The van der Waals surface area contributed by atoms with Gasteiger partial charge in [0.05, 0.1) is 17.7 Å². The number of halogens is 2. The highest BCUT2D eigenvalue weighted by Crippen LogP contribution is 2.33. The van der Waals surface area contributed by atoms with Gasteiger partial charge in [0.15, 0.2) is 11.6 Å². The summed E-state index contributed by atoms with van der Waals surface area (Å²) in [4.78, 5) is 0.967. The summed E-state index contributed by atoms with van der Waals surface area (Å²) in [5.74, 6) is -0.396. The Morgan fingerprint density at radius 2 is 2.28 bits per heavy atom. The van der Waals surface area contributed by atoms with Crippen LogP contribution in [0.3, 0.4) is 0 Å². The molecule has 0 aliphatic rings. The summed E-state index contributed by atoms with van der Waals surface area (Å²) < 4.78 is 19.0. The fraction of sp³-hybridized carbons (Fsp3) is 0.231. The maximum Gasteiger partial charge on any atom is 0.173 e. The molecule has 0 spiro atoms. The topological polar surface area (TPSA) is 35.2 Å². The van der Waals surface area contributed by atoms with Crippen LogP contribution in [0.15, 0.2) is 29.6 Å². The lowest BCUT2D eigenvalue weighted by atomic mass is 10.1. The van der Waals surface area contributed by atoms with Crippen molar-refractivity contribution in [1.29, 1.82) is 0 Å². The van der Waals surface area contributed by atoms with E-state index in [0.29, 0.717) is 12.2 Å². The lowest BCUT2D eigenvalue weighted by molar-refractivity contribution is 0.321. The number of nitrogens with two attached hydrogens (primary N) is 1. The van der Waals surface area contributed by atoms with Crippen LogP contribution in [0.4, 0.5) is 4.39 Å². The maximum absolute atomic E-state index is 13.8. The predicted molar refractivity (Wildman–Crippen MR) is 72.9 cm³/mol. The number of hydrogen-bond donors (Lipinski definition) is 1. The first-order valence-corrected chi connectivity index (χ1v) is 6.80. The molecule has 1 heterocycles. The van der Waals surface area contributed by atoms with E-state index in [1.54, 1.807) is 13.0 Å². The van der Waals surface area contributed by atoms with Gasteiger partial charge >= 0.3 is 0 Å². The quantitative estimate of drug-likeness (QED) is 0.922. The molecule has 0 radical (unpaired) electrons. The smallest absolute Gasteiger partial charge is 0.173 e. The van der Waals surface area contributed by atoms with Gasteiger partial charge in [-0.25, -0.2) is 4.39 Å². The second-order valence-corrected chi connectivity index (χ2v) is 5.13.